The summed E-state index contributed by atoms with van der Waals surface area (Å²) in [5, 5.41) is 6.62. The average molecular weight is 797 g/mol. The van der Waals surface area contributed by atoms with Crippen molar-refractivity contribution >= 4 is 46.1 Å². The Bertz CT molecular complexity index is 2390. The third kappa shape index (κ3) is 9.85. The van der Waals surface area contributed by atoms with Gasteiger partial charge in [0, 0.05) is 47.6 Å². The largest absolute Gasteiger partial charge is 0.497 e. The number of rotatable bonds is 14. The number of anilines is 2. The van der Waals surface area contributed by atoms with Gasteiger partial charge in [-0.15, -0.1) is 0 Å². The molecule has 0 atom stereocenters. The van der Waals surface area contributed by atoms with Crippen molar-refractivity contribution in [2.75, 3.05) is 19.5 Å². The van der Waals surface area contributed by atoms with Gasteiger partial charge in [0.05, 0.1) is 43.4 Å². The molecule has 0 bridgehead atoms. The van der Waals surface area contributed by atoms with Crippen LogP contribution in [0.4, 0.5) is 29.6 Å². The van der Waals surface area contributed by atoms with E-state index in [1.165, 1.54) is 32.7 Å². The number of carbonyl (C=O) groups is 2. The number of nitrogens with one attached hydrogen (secondary N) is 2. The van der Waals surface area contributed by atoms with E-state index >= 15 is 4.39 Å². The number of ether oxygens (including phenoxy) is 3. The number of carbonyl (C=O) groups excluding carboxylic acids is 2. The van der Waals surface area contributed by atoms with Crippen LogP contribution >= 0.6 is 11.6 Å². The summed E-state index contributed by atoms with van der Waals surface area (Å²) in [5.41, 5.74) is -2.01. The summed E-state index contributed by atoms with van der Waals surface area (Å²) in [6.07, 6.45) is 4.51. The van der Waals surface area contributed by atoms with Crippen LogP contribution in [-0.4, -0.2) is 51.0 Å². The van der Waals surface area contributed by atoms with Gasteiger partial charge in [0.2, 0.25) is 5.95 Å². The standard InChI is InChI=1S/C39H40ClF3N6O7/c1-39(2,3)56-37(52)45-19-24-12-9-11-23-18-44-20-31(33(23)24)49-36(51)47-35(48(38(49)53)21-25-15-29(42)30(43)17-28(25)41)46-34-22(14-26(54-4)16-27(34)40)10-7-6-8-13-32(50)55-5/h9,11-12,14-18,20H,6-8,10,13,19,21H2,1-5H3,(H,45,52)(H,46,47,51). The monoisotopic (exact) mass is 796 g/mol. The van der Waals surface area contributed by atoms with Crippen molar-refractivity contribution in [1.29, 1.82) is 0 Å². The summed E-state index contributed by atoms with van der Waals surface area (Å²) in [6, 6.07) is 9.22. The highest BCUT2D eigenvalue weighted by atomic mass is 35.5. The molecular weight excluding hydrogens is 757 g/mol. The normalized spacial score (nSPS) is 11.4. The van der Waals surface area contributed by atoms with Crippen molar-refractivity contribution in [3.8, 4) is 11.4 Å². The van der Waals surface area contributed by atoms with E-state index in [1.54, 1.807) is 45.0 Å². The molecule has 2 aromatic heterocycles. The van der Waals surface area contributed by atoms with E-state index < -0.39 is 52.6 Å². The van der Waals surface area contributed by atoms with Crippen LogP contribution in [0.25, 0.3) is 16.5 Å². The second-order valence-electron chi connectivity index (χ2n) is 13.7. The number of halogens is 4. The molecule has 0 unspecified atom stereocenters. The topological polar surface area (TPSA) is 156 Å². The Hall–Kier alpha value is -5.90. The second-order valence-corrected chi connectivity index (χ2v) is 14.1. The van der Waals surface area contributed by atoms with Gasteiger partial charge in [0.1, 0.15) is 17.2 Å². The van der Waals surface area contributed by atoms with E-state index in [0.29, 0.717) is 70.0 Å². The molecular formula is C39H40ClF3N6O7. The SMILES string of the molecule is COC(=O)CCCCCc1cc(OC)cc(Cl)c1Nc1nc(=O)n(-c2cncc3cccc(CNC(=O)OC(C)(C)C)c23)c(=O)n1Cc1cc(F)c(F)cc1F. The van der Waals surface area contributed by atoms with E-state index in [-0.39, 0.29) is 41.3 Å². The van der Waals surface area contributed by atoms with Gasteiger partial charge in [-0.3, -0.25) is 14.3 Å². The van der Waals surface area contributed by atoms with Crippen molar-refractivity contribution in [3.63, 3.8) is 0 Å². The number of fused-ring (bicyclic) bond motifs is 1. The number of benzene rings is 3. The van der Waals surface area contributed by atoms with Gasteiger partial charge >= 0.3 is 23.4 Å². The minimum atomic E-state index is -1.43. The lowest BCUT2D eigenvalue weighted by Gasteiger charge is -2.21. The van der Waals surface area contributed by atoms with E-state index in [0.717, 1.165) is 4.57 Å². The Kier molecular flexibility index (Phi) is 13.0. The van der Waals surface area contributed by atoms with Gasteiger partial charge in [0.15, 0.2) is 11.6 Å². The summed E-state index contributed by atoms with van der Waals surface area (Å²) in [5.74, 6) is -4.26. The number of amides is 1. The lowest BCUT2D eigenvalue weighted by atomic mass is 10.0. The Morgan fingerprint density at radius 1 is 0.911 bits per heavy atom. The molecule has 0 spiro atoms. The number of hydrogen-bond donors (Lipinski definition) is 2. The smallest absolute Gasteiger partial charge is 0.407 e. The maximum Gasteiger partial charge on any atom is 0.407 e. The number of aryl methyl sites for hydroxylation is 1. The Labute approximate surface area is 324 Å². The maximum atomic E-state index is 15.2. The zero-order valence-corrected chi connectivity index (χ0v) is 32.1. The summed E-state index contributed by atoms with van der Waals surface area (Å²) in [4.78, 5) is 61.1. The molecule has 2 heterocycles. The van der Waals surface area contributed by atoms with Crippen LogP contribution in [0.3, 0.4) is 0 Å². The van der Waals surface area contributed by atoms with Gasteiger partial charge in [-0.2, -0.15) is 4.98 Å². The van der Waals surface area contributed by atoms with Crippen molar-refractivity contribution in [2.24, 2.45) is 0 Å². The van der Waals surface area contributed by atoms with E-state index in [4.69, 9.17) is 25.8 Å². The summed E-state index contributed by atoms with van der Waals surface area (Å²) < 4.78 is 60.7. The minimum absolute atomic E-state index is 0.0206. The van der Waals surface area contributed by atoms with Gasteiger partial charge in [0.25, 0.3) is 0 Å². The zero-order chi connectivity index (χ0) is 40.7. The summed E-state index contributed by atoms with van der Waals surface area (Å²) in [7, 11) is 2.77. The number of unbranched alkanes of at least 4 members (excludes halogenated alkanes) is 2. The van der Waals surface area contributed by atoms with Gasteiger partial charge < -0.3 is 24.8 Å². The molecule has 0 aliphatic heterocycles. The Morgan fingerprint density at radius 3 is 2.38 bits per heavy atom. The highest BCUT2D eigenvalue weighted by molar-refractivity contribution is 6.33. The lowest BCUT2D eigenvalue weighted by molar-refractivity contribution is -0.140. The van der Waals surface area contributed by atoms with Crippen molar-refractivity contribution in [2.45, 2.75) is 71.6 Å². The number of aromatic nitrogens is 4. The number of esters is 1. The van der Waals surface area contributed by atoms with Gasteiger partial charge in [-0.05, 0) is 63.3 Å². The average Bonchev–Trinajstić information content (AvgIpc) is 3.14. The fourth-order valence-electron chi connectivity index (χ4n) is 5.95. The molecule has 0 fully saturated rings. The molecule has 5 aromatic rings. The number of alkyl carbamates (subject to hydrolysis) is 1. The van der Waals surface area contributed by atoms with Crippen LogP contribution in [0.2, 0.25) is 5.02 Å². The minimum Gasteiger partial charge on any atom is -0.497 e. The van der Waals surface area contributed by atoms with E-state index in [9.17, 15) is 28.0 Å². The molecule has 0 saturated heterocycles. The van der Waals surface area contributed by atoms with Crippen LogP contribution in [0, 0.1) is 17.5 Å². The molecule has 3 aromatic carbocycles. The highest BCUT2D eigenvalue weighted by Gasteiger charge is 2.23. The third-order valence-corrected chi connectivity index (χ3v) is 8.87. The van der Waals surface area contributed by atoms with Crippen molar-refractivity contribution < 1.29 is 37.0 Å². The fourth-order valence-corrected chi connectivity index (χ4v) is 6.23. The van der Waals surface area contributed by atoms with Crippen LogP contribution < -0.4 is 26.7 Å². The number of methoxy groups -OCH3 is 2. The number of nitrogens with zero attached hydrogens (tertiary/aromatic N) is 4. The molecule has 13 nitrogen and oxygen atoms in total. The first-order valence-corrected chi connectivity index (χ1v) is 17.9. The molecule has 56 heavy (non-hydrogen) atoms. The second kappa shape index (κ2) is 17.7. The summed E-state index contributed by atoms with van der Waals surface area (Å²) in [6.45, 7) is 4.36. The van der Waals surface area contributed by atoms with Crippen LogP contribution in [0.15, 0.2) is 64.4 Å². The maximum absolute atomic E-state index is 15.2. The van der Waals surface area contributed by atoms with Crippen LogP contribution in [0.1, 0.15) is 63.1 Å². The first kappa shape index (κ1) is 41.3. The van der Waals surface area contributed by atoms with Gasteiger partial charge in [-0.25, -0.2) is 32.1 Å². The zero-order valence-electron chi connectivity index (χ0n) is 31.3. The van der Waals surface area contributed by atoms with Crippen molar-refractivity contribution in [3.05, 3.63) is 115 Å². The first-order chi connectivity index (χ1) is 26.6. The van der Waals surface area contributed by atoms with E-state index in [1.807, 2.05) is 0 Å². The van der Waals surface area contributed by atoms with E-state index in [2.05, 4.69) is 20.6 Å². The van der Waals surface area contributed by atoms with Crippen LogP contribution in [0.5, 0.6) is 5.75 Å². The lowest BCUT2D eigenvalue weighted by Crippen LogP contribution is -2.42. The quantitative estimate of drug-likeness (QED) is 0.0675. The number of pyridine rings is 1. The fraction of sp³-hybridized carbons (Fsp3) is 0.333. The molecule has 0 radical (unpaired) electrons. The molecule has 296 valence electrons. The number of hydrogen-bond acceptors (Lipinski definition) is 10. The first-order valence-electron chi connectivity index (χ1n) is 17.5. The predicted molar refractivity (Wildman–Crippen MR) is 203 cm³/mol. The Morgan fingerprint density at radius 2 is 1.66 bits per heavy atom. The summed E-state index contributed by atoms with van der Waals surface area (Å²) >= 11 is 6.72. The molecule has 0 saturated carbocycles. The highest BCUT2D eigenvalue weighted by Crippen LogP contribution is 2.34. The Balaban J connectivity index is 1.64. The molecule has 0 aliphatic carbocycles. The molecule has 1 amide bonds. The van der Waals surface area contributed by atoms with Crippen LogP contribution in [-0.2, 0) is 33.8 Å². The third-order valence-electron chi connectivity index (χ3n) is 8.57. The molecule has 5 rings (SSSR count). The van der Waals surface area contributed by atoms with Gasteiger partial charge in [-0.1, -0.05) is 36.2 Å². The molecule has 2 N–H and O–H groups in total. The molecule has 0 aliphatic rings. The predicted octanol–water partition coefficient (Wildman–Crippen LogP) is 7.11. The molecule has 17 heteroatoms. The van der Waals surface area contributed by atoms with Crippen molar-refractivity contribution in [1.82, 2.24) is 24.4 Å².